The third-order valence-corrected chi connectivity index (χ3v) is 3.89. The van der Waals surface area contributed by atoms with Crippen LogP contribution < -0.4 is 5.32 Å². The van der Waals surface area contributed by atoms with E-state index in [1.807, 2.05) is 0 Å². The number of aliphatic carboxylic acids is 1. The smallest absolute Gasteiger partial charge is 0.326 e. The normalized spacial score (nSPS) is 18.6. The van der Waals surface area contributed by atoms with Crippen LogP contribution in [0, 0.1) is 0 Å². The molecule has 1 atom stereocenters. The minimum atomic E-state index is -1.12. The molecular formula is C13H25N3O4. The average Bonchev–Trinajstić information content (AvgIpc) is 2.45. The fourth-order valence-electron chi connectivity index (χ4n) is 2.43. The zero-order valence-electron chi connectivity index (χ0n) is 12.2. The van der Waals surface area contributed by atoms with Crippen molar-refractivity contribution < 1.29 is 19.8 Å². The minimum Gasteiger partial charge on any atom is -0.480 e. The number of amides is 2. The van der Waals surface area contributed by atoms with Gasteiger partial charge in [-0.2, -0.15) is 0 Å². The van der Waals surface area contributed by atoms with Crippen LogP contribution >= 0.6 is 0 Å². The number of carbonyl (C=O) groups excluding carboxylic acids is 1. The van der Waals surface area contributed by atoms with Gasteiger partial charge < -0.3 is 25.3 Å². The lowest BCUT2D eigenvalue weighted by atomic mass is 10.0. The number of likely N-dealkylation sites (tertiary alicyclic amines) is 1. The highest BCUT2D eigenvalue weighted by molar-refractivity contribution is 5.82. The maximum absolute atomic E-state index is 12.0. The molecule has 1 heterocycles. The first kappa shape index (κ1) is 16.7. The molecular weight excluding hydrogens is 262 g/mol. The van der Waals surface area contributed by atoms with Gasteiger partial charge in [0.05, 0.1) is 0 Å². The van der Waals surface area contributed by atoms with Crippen molar-refractivity contribution in [3.8, 4) is 0 Å². The third-order valence-electron chi connectivity index (χ3n) is 3.89. The third kappa shape index (κ3) is 4.64. The zero-order valence-corrected chi connectivity index (χ0v) is 12.2. The summed E-state index contributed by atoms with van der Waals surface area (Å²) in [6.45, 7) is 4.77. The van der Waals surface area contributed by atoms with E-state index in [9.17, 15) is 9.59 Å². The molecule has 2 amide bonds. The summed E-state index contributed by atoms with van der Waals surface area (Å²) in [5, 5.41) is 20.2. The van der Waals surface area contributed by atoms with Crippen molar-refractivity contribution in [3.05, 3.63) is 0 Å². The molecule has 0 bridgehead atoms. The van der Waals surface area contributed by atoms with Gasteiger partial charge in [-0.1, -0.05) is 6.92 Å². The SMILES string of the molecule is CCN1CCC(N(C)C(=O)N[C@H](CCO)C(=O)O)CC1. The van der Waals surface area contributed by atoms with Gasteiger partial charge >= 0.3 is 12.0 Å². The Morgan fingerprint density at radius 2 is 2.00 bits per heavy atom. The van der Waals surface area contributed by atoms with Gasteiger partial charge in [-0.15, -0.1) is 0 Å². The molecule has 1 rings (SSSR count). The van der Waals surface area contributed by atoms with Gasteiger partial charge in [-0.25, -0.2) is 9.59 Å². The number of hydrogen-bond acceptors (Lipinski definition) is 4. The van der Waals surface area contributed by atoms with Crippen LogP contribution in [0.25, 0.3) is 0 Å². The molecule has 0 aromatic rings. The van der Waals surface area contributed by atoms with Crippen molar-refractivity contribution in [2.24, 2.45) is 0 Å². The maximum Gasteiger partial charge on any atom is 0.326 e. The van der Waals surface area contributed by atoms with E-state index in [-0.39, 0.29) is 25.1 Å². The number of urea groups is 1. The van der Waals surface area contributed by atoms with Crippen LogP contribution in [0.15, 0.2) is 0 Å². The Hall–Kier alpha value is -1.34. The lowest BCUT2D eigenvalue weighted by Gasteiger charge is -2.36. The molecule has 1 aliphatic heterocycles. The first-order valence-corrected chi connectivity index (χ1v) is 7.08. The summed E-state index contributed by atoms with van der Waals surface area (Å²) in [6, 6.07) is -1.28. The minimum absolute atomic E-state index is 0.0171. The molecule has 0 aromatic carbocycles. The monoisotopic (exact) mass is 287 g/mol. The Bertz CT molecular complexity index is 330. The fraction of sp³-hybridized carbons (Fsp3) is 0.846. The van der Waals surface area contributed by atoms with Gasteiger partial charge in [0.2, 0.25) is 0 Å². The van der Waals surface area contributed by atoms with Gasteiger partial charge in [-0.3, -0.25) is 0 Å². The summed E-state index contributed by atoms with van der Waals surface area (Å²) >= 11 is 0. The number of nitrogens with zero attached hydrogens (tertiary/aromatic N) is 2. The molecule has 116 valence electrons. The van der Waals surface area contributed by atoms with Crippen molar-refractivity contribution >= 4 is 12.0 Å². The van der Waals surface area contributed by atoms with Crippen LogP contribution in [-0.4, -0.2) is 77.4 Å². The Balaban J connectivity index is 2.48. The molecule has 0 saturated carbocycles. The van der Waals surface area contributed by atoms with E-state index in [1.54, 1.807) is 11.9 Å². The fourth-order valence-corrected chi connectivity index (χ4v) is 2.43. The summed E-state index contributed by atoms with van der Waals surface area (Å²) in [5.74, 6) is -1.12. The van der Waals surface area contributed by atoms with E-state index >= 15 is 0 Å². The van der Waals surface area contributed by atoms with Gasteiger partial charge in [0.15, 0.2) is 0 Å². The number of carboxylic acids is 1. The first-order chi connectivity index (χ1) is 9.49. The van der Waals surface area contributed by atoms with E-state index in [2.05, 4.69) is 17.1 Å². The number of aliphatic hydroxyl groups is 1. The Labute approximate surface area is 119 Å². The Kier molecular flexibility index (Phi) is 6.74. The van der Waals surface area contributed by atoms with E-state index in [1.165, 1.54) is 0 Å². The zero-order chi connectivity index (χ0) is 15.1. The van der Waals surface area contributed by atoms with Gasteiger partial charge in [0, 0.05) is 39.2 Å². The molecule has 0 radical (unpaired) electrons. The van der Waals surface area contributed by atoms with Crippen molar-refractivity contribution in [1.82, 2.24) is 15.1 Å². The second-order valence-corrected chi connectivity index (χ2v) is 5.13. The molecule has 0 aromatic heterocycles. The molecule has 0 spiro atoms. The van der Waals surface area contributed by atoms with Crippen molar-refractivity contribution in [2.45, 2.75) is 38.3 Å². The van der Waals surface area contributed by atoms with E-state index in [0.717, 1.165) is 32.5 Å². The second kappa shape index (κ2) is 8.06. The molecule has 3 N–H and O–H groups in total. The molecule has 1 aliphatic rings. The number of carboxylic acid groups (broad SMARTS) is 1. The molecule has 1 saturated heterocycles. The summed E-state index contributed by atoms with van der Waals surface area (Å²) in [4.78, 5) is 26.9. The number of aliphatic hydroxyl groups excluding tert-OH is 1. The van der Waals surface area contributed by atoms with Gasteiger partial charge in [-0.05, 0) is 19.4 Å². The summed E-state index contributed by atoms with van der Waals surface area (Å²) in [7, 11) is 1.69. The van der Waals surface area contributed by atoms with Crippen LogP contribution in [0.5, 0.6) is 0 Å². The number of carbonyl (C=O) groups is 2. The predicted molar refractivity (Wildman–Crippen MR) is 74.6 cm³/mol. The summed E-state index contributed by atoms with van der Waals surface area (Å²) < 4.78 is 0. The topological polar surface area (TPSA) is 93.1 Å². The lowest BCUT2D eigenvalue weighted by molar-refractivity contribution is -0.139. The highest BCUT2D eigenvalue weighted by Crippen LogP contribution is 2.15. The number of rotatable bonds is 6. The molecule has 20 heavy (non-hydrogen) atoms. The standard InChI is InChI=1S/C13H25N3O4/c1-3-16-7-4-10(5-8-16)15(2)13(20)14-11(6-9-17)12(18)19/h10-11,17H,3-9H2,1-2H3,(H,14,20)(H,18,19)/t11-/m1/s1. The summed E-state index contributed by atoms with van der Waals surface area (Å²) in [5.41, 5.74) is 0. The molecule has 7 heteroatoms. The highest BCUT2D eigenvalue weighted by atomic mass is 16.4. The molecule has 0 unspecified atom stereocenters. The van der Waals surface area contributed by atoms with Crippen molar-refractivity contribution in [1.29, 1.82) is 0 Å². The van der Waals surface area contributed by atoms with E-state index < -0.39 is 12.0 Å². The molecule has 1 fully saturated rings. The van der Waals surface area contributed by atoms with Crippen LogP contribution in [0.3, 0.4) is 0 Å². The van der Waals surface area contributed by atoms with Crippen molar-refractivity contribution in [2.75, 3.05) is 33.3 Å². The van der Waals surface area contributed by atoms with Gasteiger partial charge in [0.1, 0.15) is 6.04 Å². The number of piperidine rings is 1. The predicted octanol–water partition coefficient (Wildman–Crippen LogP) is -0.0523. The van der Waals surface area contributed by atoms with Crippen LogP contribution in [0.1, 0.15) is 26.2 Å². The number of hydrogen-bond donors (Lipinski definition) is 3. The van der Waals surface area contributed by atoms with E-state index in [0.29, 0.717) is 0 Å². The Morgan fingerprint density at radius 3 is 2.45 bits per heavy atom. The van der Waals surface area contributed by atoms with Crippen molar-refractivity contribution in [3.63, 3.8) is 0 Å². The molecule has 0 aliphatic carbocycles. The van der Waals surface area contributed by atoms with Crippen LogP contribution in [0.4, 0.5) is 4.79 Å². The van der Waals surface area contributed by atoms with Crippen LogP contribution in [-0.2, 0) is 4.79 Å². The summed E-state index contributed by atoms with van der Waals surface area (Å²) in [6.07, 6.45) is 1.81. The quantitative estimate of drug-likeness (QED) is 0.637. The number of nitrogens with one attached hydrogen (secondary N) is 1. The average molecular weight is 287 g/mol. The van der Waals surface area contributed by atoms with E-state index in [4.69, 9.17) is 10.2 Å². The largest absolute Gasteiger partial charge is 0.480 e. The maximum atomic E-state index is 12.0. The van der Waals surface area contributed by atoms with Gasteiger partial charge in [0.25, 0.3) is 0 Å². The van der Waals surface area contributed by atoms with Crippen LogP contribution in [0.2, 0.25) is 0 Å². The molecule has 7 nitrogen and oxygen atoms in total. The lowest BCUT2D eigenvalue weighted by Crippen LogP contribution is -2.52. The Morgan fingerprint density at radius 1 is 1.40 bits per heavy atom. The first-order valence-electron chi connectivity index (χ1n) is 7.08. The highest BCUT2D eigenvalue weighted by Gasteiger charge is 2.27. The second-order valence-electron chi connectivity index (χ2n) is 5.13.